The lowest BCUT2D eigenvalue weighted by atomic mass is 10.3. The largest absolute Gasteiger partial charge is 0.497 e. The molecule has 2 N–H and O–H groups in total. The van der Waals surface area contributed by atoms with Crippen LogP contribution in [0.25, 0.3) is 0 Å². The van der Waals surface area contributed by atoms with Gasteiger partial charge in [-0.3, -0.25) is 0 Å². The number of hydrogen-bond donors (Lipinski definition) is 2. The van der Waals surface area contributed by atoms with Gasteiger partial charge >= 0.3 is 0 Å². The molecule has 21 heavy (non-hydrogen) atoms. The van der Waals surface area contributed by atoms with Crippen molar-refractivity contribution in [1.29, 1.82) is 0 Å². The molecule has 8 heteroatoms. The van der Waals surface area contributed by atoms with Crippen molar-refractivity contribution < 1.29 is 17.9 Å². The van der Waals surface area contributed by atoms with Crippen molar-refractivity contribution in [2.45, 2.75) is 4.90 Å². The Labute approximate surface area is 122 Å². The summed E-state index contributed by atoms with van der Waals surface area (Å²) in [5.74, 6) is 0.614. The van der Waals surface area contributed by atoms with E-state index in [0.717, 1.165) is 0 Å². The number of H-pyrrole nitrogens is 1. The zero-order chi connectivity index (χ0) is 15.3. The molecule has 0 radical (unpaired) electrons. The number of nitrogens with one attached hydrogen (secondary N) is 2. The number of aromatic amines is 1. The third-order valence-corrected chi connectivity index (χ3v) is 3.90. The molecule has 0 saturated carbocycles. The fraction of sp³-hybridized carbons (Fsp3) is 0.154. The first-order valence-electron chi connectivity index (χ1n) is 5.97. The standard InChI is InChI=1S/C13H15N3O4S/c1-19-11-5-6-12(20-2)13(8-11)21(17,18)16-15-9-10-4-3-7-14-10/h3-9,14,16H,1-2H3/b15-9+. The quantitative estimate of drug-likeness (QED) is 0.622. The van der Waals surface area contributed by atoms with Crippen molar-refractivity contribution in [3.8, 4) is 11.5 Å². The molecule has 1 heterocycles. The Bertz CT molecular complexity index is 724. The molecule has 0 aliphatic heterocycles. The molecule has 0 aliphatic carbocycles. The van der Waals surface area contributed by atoms with Gasteiger partial charge in [-0.25, -0.2) is 0 Å². The highest BCUT2D eigenvalue weighted by atomic mass is 32.2. The molecule has 0 fully saturated rings. The molecular formula is C13H15N3O4S. The van der Waals surface area contributed by atoms with Gasteiger partial charge in [-0.2, -0.15) is 18.4 Å². The van der Waals surface area contributed by atoms with Crippen LogP contribution >= 0.6 is 0 Å². The van der Waals surface area contributed by atoms with Crippen molar-refractivity contribution >= 4 is 16.2 Å². The van der Waals surface area contributed by atoms with Crippen molar-refractivity contribution in [1.82, 2.24) is 9.82 Å². The van der Waals surface area contributed by atoms with Gasteiger partial charge in [0.1, 0.15) is 16.4 Å². The summed E-state index contributed by atoms with van der Waals surface area (Å²) in [4.78, 5) is 4.95. The van der Waals surface area contributed by atoms with Crippen LogP contribution in [0, 0.1) is 0 Å². The summed E-state index contributed by atoms with van der Waals surface area (Å²) in [6.45, 7) is 0. The Balaban J connectivity index is 2.26. The monoisotopic (exact) mass is 309 g/mol. The summed E-state index contributed by atoms with van der Waals surface area (Å²) in [7, 11) is -1.01. The normalized spacial score (nSPS) is 11.5. The van der Waals surface area contributed by atoms with E-state index < -0.39 is 10.0 Å². The lowest BCUT2D eigenvalue weighted by Crippen LogP contribution is -2.19. The van der Waals surface area contributed by atoms with E-state index in [1.54, 1.807) is 24.4 Å². The van der Waals surface area contributed by atoms with Crippen LogP contribution in [-0.2, 0) is 10.0 Å². The van der Waals surface area contributed by atoms with Gasteiger partial charge in [0.25, 0.3) is 10.0 Å². The fourth-order valence-corrected chi connectivity index (χ4v) is 2.61. The molecular weight excluding hydrogens is 294 g/mol. The summed E-state index contributed by atoms with van der Waals surface area (Å²) in [5.41, 5.74) is 0.676. The fourth-order valence-electron chi connectivity index (χ4n) is 1.63. The molecule has 0 amide bonds. The van der Waals surface area contributed by atoms with Gasteiger partial charge in [0.05, 0.1) is 26.1 Å². The van der Waals surface area contributed by atoms with E-state index in [0.29, 0.717) is 11.4 Å². The smallest absolute Gasteiger partial charge is 0.280 e. The Morgan fingerprint density at radius 2 is 2.05 bits per heavy atom. The lowest BCUT2D eigenvalue weighted by molar-refractivity contribution is 0.392. The molecule has 1 aromatic heterocycles. The first-order chi connectivity index (χ1) is 10.1. The minimum absolute atomic E-state index is 0.0482. The summed E-state index contributed by atoms with van der Waals surface area (Å²) >= 11 is 0. The molecule has 2 aromatic rings. The van der Waals surface area contributed by atoms with E-state index in [1.165, 1.54) is 32.6 Å². The molecule has 1 aromatic carbocycles. The van der Waals surface area contributed by atoms with Crippen LogP contribution in [0.4, 0.5) is 0 Å². The summed E-state index contributed by atoms with van der Waals surface area (Å²) < 4.78 is 34.5. The molecule has 2 rings (SSSR count). The van der Waals surface area contributed by atoms with Crippen molar-refractivity contribution in [2.24, 2.45) is 5.10 Å². The minimum Gasteiger partial charge on any atom is -0.497 e. The highest BCUT2D eigenvalue weighted by Gasteiger charge is 2.19. The van der Waals surface area contributed by atoms with Gasteiger partial charge in [0.2, 0.25) is 0 Å². The average molecular weight is 309 g/mol. The van der Waals surface area contributed by atoms with Gasteiger partial charge in [0.15, 0.2) is 0 Å². The third kappa shape index (κ3) is 3.54. The van der Waals surface area contributed by atoms with Crippen LogP contribution in [0.2, 0.25) is 0 Å². The van der Waals surface area contributed by atoms with E-state index in [4.69, 9.17) is 9.47 Å². The SMILES string of the molecule is COc1ccc(OC)c(S(=O)(=O)N/N=C/c2ccc[nH]2)c1. The Morgan fingerprint density at radius 1 is 1.24 bits per heavy atom. The average Bonchev–Trinajstić information content (AvgIpc) is 2.99. The molecule has 0 atom stereocenters. The maximum atomic E-state index is 12.2. The number of rotatable bonds is 6. The van der Waals surface area contributed by atoms with Crippen LogP contribution in [0.1, 0.15) is 5.69 Å². The van der Waals surface area contributed by atoms with Crippen molar-refractivity contribution in [3.63, 3.8) is 0 Å². The summed E-state index contributed by atoms with van der Waals surface area (Å²) in [6, 6.07) is 8.03. The van der Waals surface area contributed by atoms with Gasteiger partial charge in [-0.15, -0.1) is 0 Å². The van der Waals surface area contributed by atoms with Crippen molar-refractivity contribution in [3.05, 3.63) is 42.2 Å². The predicted molar refractivity (Wildman–Crippen MR) is 78.3 cm³/mol. The van der Waals surface area contributed by atoms with Crippen LogP contribution in [0.3, 0.4) is 0 Å². The first-order valence-corrected chi connectivity index (χ1v) is 7.45. The summed E-state index contributed by atoms with van der Waals surface area (Å²) in [6.07, 6.45) is 3.07. The molecule has 0 unspecified atom stereocenters. The first kappa shape index (κ1) is 14.9. The molecule has 7 nitrogen and oxygen atoms in total. The number of sulfonamides is 1. The van der Waals surface area contributed by atoms with Crippen LogP contribution in [0.15, 0.2) is 46.5 Å². The van der Waals surface area contributed by atoms with Gasteiger partial charge in [-0.1, -0.05) is 0 Å². The highest BCUT2D eigenvalue weighted by molar-refractivity contribution is 7.89. The number of nitrogens with zero attached hydrogens (tertiary/aromatic N) is 1. The Morgan fingerprint density at radius 3 is 2.67 bits per heavy atom. The Hall–Kier alpha value is -2.48. The van der Waals surface area contributed by atoms with E-state index >= 15 is 0 Å². The minimum atomic E-state index is -3.86. The van der Waals surface area contributed by atoms with E-state index in [9.17, 15) is 8.42 Å². The Kier molecular flexibility index (Phi) is 4.49. The maximum Gasteiger partial charge on any atom is 0.280 e. The van der Waals surface area contributed by atoms with Gasteiger partial charge < -0.3 is 14.5 Å². The second-order valence-electron chi connectivity index (χ2n) is 4.00. The lowest BCUT2D eigenvalue weighted by Gasteiger charge is -2.10. The number of ether oxygens (including phenoxy) is 2. The van der Waals surface area contributed by atoms with E-state index in [-0.39, 0.29) is 10.6 Å². The summed E-state index contributed by atoms with van der Waals surface area (Å²) in [5, 5.41) is 3.70. The maximum absolute atomic E-state index is 12.2. The van der Waals surface area contributed by atoms with Gasteiger partial charge in [-0.05, 0) is 24.3 Å². The zero-order valence-corrected chi connectivity index (χ0v) is 12.3. The topological polar surface area (TPSA) is 92.8 Å². The molecule has 112 valence electrons. The molecule has 0 bridgehead atoms. The number of benzene rings is 1. The predicted octanol–water partition coefficient (Wildman–Crippen LogP) is 1.34. The number of aromatic nitrogens is 1. The number of hydrazone groups is 1. The number of methoxy groups -OCH3 is 2. The third-order valence-electron chi connectivity index (χ3n) is 2.66. The molecule has 0 saturated heterocycles. The molecule has 0 aliphatic rings. The zero-order valence-electron chi connectivity index (χ0n) is 11.5. The highest BCUT2D eigenvalue weighted by Crippen LogP contribution is 2.27. The van der Waals surface area contributed by atoms with Crippen molar-refractivity contribution in [2.75, 3.05) is 14.2 Å². The number of hydrogen-bond acceptors (Lipinski definition) is 5. The van der Waals surface area contributed by atoms with Gasteiger partial charge in [0, 0.05) is 12.3 Å². The second kappa shape index (κ2) is 6.31. The van der Waals surface area contributed by atoms with E-state index in [2.05, 4.69) is 14.9 Å². The van der Waals surface area contributed by atoms with Crippen LogP contribution in [0.5, 0.6) is 11.5 Å². The van der Waals surface area contributed by atoms with E-state index in [1.807, 2.05) is 0 Å². The second-order valence-corrected chi connectivity index (χ2v) is 5.62. The van der Waals surface area contributed by atoms with Crippen LogP contribution < -0.4 is 14.3 Å². The molecule has 0 spiro atoms. The van der Waals surface area contributed by atoms with Crippen LogP contribution in [-0.4, -0.2) is 33.8 Å².